The number of hydrogen-bond donors (Lipinski definition) is 0. The minimum Gasteiger partial charge on any atom is -0.278 e. The summed E-state index contributed by atoms with van der Waals surface area (Å²) < 4.78 is 1.10. The van der Waals surface area contributed by atoms with E-state index in [4.69, 9.17) is 4.98 Å². The summed E-state index contributed by atoms with van der Waals surface area (Å²) in [5.74, 6) is 0.904. The molecule has 0 aliphatic carbocycles. The third-order valence-corrected chi connectivity index (χ3v) is 6.68. The molecular formula is C24H23N3OS2. The van der Waals surface area contributed by atoms with Gasteiger partial charge in [-0.05, 0) is 60.2 Å². The van der Waals surface area contributed by atoms with Gasteiger partial charge in [0, 0.05) is 16.7 Å². The summed E-state index contributed by atoms with van der Waals surface area (Å²) in [5, 5.41) is 0.697. The highest BCUT2D eigenvalue weighted by Gasteiger charge is 2.22. The van der Waals surface area contributed by atoms with Crippen molar-refractivity contribution in [1.29, 1.82) is 0 Å². The van der Waals surface area contributed by atoms with Gasteiger partial charge in [-0.3, -0.25) is 14.7 Å². The first kappa shape index (κ1) is 20.6. The first-order valence-electron chi connectivity index (χ1n) is 10.0. The summed E-state index contributed by atoms with van der Waals surface area (Å²) in [4.78, 5) is 25.6. The molecule has 4 rings (SSSR count). The third kappa shape index (κ3) is 4.55. The molecule has 4 nitrogen and oxygen atoms in total. The Labute approximate surface area is 185 Å². The van der Waals surface area contributed by atoms with Crippen molar-refractivity contribution < 1.29 is 4.79 Å². The standard InChI is InChI=1S/C24H23N3OS2/c1-3-17-11-12-21-22(14-17)30-24(26-21)27(16-19-9-5-6-13-25-19)23(28)18-8-7-10-20(15-18)29-4-2/h5-15H,3-4,16H2,1-2H3. The molecule has 0 spiro atoms. The Balaban J connectivity index is 1.74. The van der Waals surface area contributed by atoms with Gasteiger partial charge >= 0.3 is 0 Å². The largest absolute Gasteiger partial charge is 0.278 e. The highest BCUT2D eigenvalue weighted by Crippen LogP contribution is 2.32. The van der Waals surface area contributed by atoms with Crippen LogP contribution in [0.25, 0.3) is 10.2 Å². The van der Waals surface area contributed by atoms with Gasteiger partial charge in [-0.1, -0.05) is 43.4 Å². The maximum Gasteiger partial charge on any atom is 0.260 e. The van der Waals surface area contributed by atoms with Gasteiger partial charge in [-0.25, -0.2) is 4.98 Å². The van der Waals surface area contributed by atoms with Crippen molar-refractivity contribution in [2.75, 3.05) is 10.7 Å². The number of thiazole rings is 1. The molecule has 0 radical (unpaired) electrons. The molecule has 0 aliphatic rings. The number of nitrogens with zero attached hydrogens (tertiary/aromatic N) is 3. The van der Waals surface area contributed by atoms with E-state index in [1.807, 2.05) is 48.5 Å². The fraction of sp³-hybridized carbons (Fsp3) is 0.208. The molecule has 1 amide bonds. The molecule has 152 valence electrons. The molecule has 4 aromatic rings. The first-order chi connectivity index (χ1) is 14.7. The number of aromatic nitrogens is 2. The van der Waals surface area contributed by atoms with Crippen molar-refractivity contribution in [3.05, 3.63) is 83.7 Å². The molecule has 0 saturated heterocycles. The molecule has 0 saturated carbocycles. The highest BCUT2D eigenvalue weighted by atomic mass is 32.2. The van der Waals surface area contributed by atoms with Crippen LogP contribution in [0.1, 0.15) is 35.5 Å². The van der Waals surface area contributed by atoms with Crippen molar-refractivity contribution in [2.45, 2.75) is 31.7 Å². The second-order valence-electron chi connectivity index (χ2n) is 6.83. The number of benzene rings is 2. The van der Waals surface area contributed by atoms with Gasteiger partial charge in [0.2, 0.25) is 0 Å². The predicted octanol–water partition coefficient (Wildman–Crippen LogP) is 6.21. The number of thioether (sulfide) groups is 1. The molecule has 0 N–H and O–H groups in total. The molecular weight excluding hydrogens is 410 g/mol. The Hall–Kier alpha value is -2.70. The summed E-state index contributed by atoms with van der Waals surface area (Å²) in [6, 6.07) is 19.9. The number of amides is 1. The average Bonchev–Trinajstić information content (AvgIpc) is 3.21. The van der Waals surface area contributed by atoms with Gasteiger partial charge in [0.25, 0.3) is 5.91 Å². The molecule has 6 heteroatoms. The van der Waals surface area contributed by atoms with Gasteiger partial charge in [0.1, 0.15) is 0 Å². The van der Waals surface area contributed by atoms with Crippen molar-refractivity contribution >= 4 is 44.4 Å². The molecule has 0 fully saturated rings. The molecule has 0 bridgehead atoms. The minimum absolute atomic E-state index is 0.0611. The molecule has 0 aliphatic heterocycles. The zero-order valence-electron chi connectivity index (χ0n) is 17.0. The minimum atomic E-state index is -0.0611. The summed E-state index contributed by atoms with van der Waals surface area (Å²) in [7, 11) is 0. The normalized spacial score (nSPS) is 11.0. The second-order valence-corrected chi connectivity index (χ2v) is 9.17. The lowest BCUT2D eigenvalue weighted by molar-refractivity contribution is 0.0984. The Morgan fingerprint density at radius 3 is 2.73 bits per heavy atom. The van der Waals surface area contributed by atoms with Crippen LogP contribution >= 0.6 is 23.1 Å². The van der Waals surface area contributed by atoms with E-state index >= 15 is 0 Å². The zero-order chi connectivity index (χ0) is 20.9. The van der Waals surface area contributed by atoms with E-state index in [9.17, 15) is 4.79 Å². The molecule has 30 heavy (non-hydrogen) atoms. The second kappa shape index (κ2) is 9.41. The van der Waals surface area contributed by atoms with Crippen molar-refractivity contribution in [3.8, 4) is 0 Å². The van der Waals surface area contributed by atoms with Crippen LogP contribution in [-0.2, 0) is 13.0 Å². The van der Waals surface area contributed by atoms with Gasteiger partial charge in [0.15, 0.2) is 5.13 Å². The SMILES string of the molecule is CCSc1cccc(C(=O)N(Cc2ccccn2)c2nc3ccc(CC)cc3s2)c1. The maximum atomic E-state index is 13.6. The van der Waals surface area contributed by atoms with Crippen molar-refractivity contribution in [2.24, 2.45) is 0 Å². The number of fused-ring (bicyclic) bond motifs is 1. The lowest BCUT2D eigenvalue weighted by atomic mass is 10.2. The van der Waals surface area contributed by atoms with E-state index in [1.54, 1.807) is 34.2 Å². The zero-order valence-corrected chi connectivity index (χ0v) is 18.7. The lowest BCUT2D eigenvalue weighted by Gasteiger charge is -2.20. The number of carbonyl (C=O) groups excluding carboxylic acids is 1. The number of hydrogen-bond acceptors (Lipinski definition) is 5. The molecule has 2 aromatic carbocycles. The Kier molecular flexibility index (Phi) is 6.45. The lowest BCUT2D eigenvalue weighted by Crippen LogP contribution is -2.30. The maximum absolute atomic E-state index is 13.6. The molecule has 2 heterocycles. The Bertz CT molecular complexity index is 1160. The van der Waals surface area contributed by atoms with Gasteiger partial charge in [-0.2, -0.15) is 0 Å². The summed E-state index contributed by atoms with van der Waals surface area (Å²) in [6.45, 7) is 4.63. The van der Waals surface area contributed by atoms with Crippen molar-refractivity contribution in [3.63, 3.8) is 0 Å². The van der Waals surface area contributed by atoms with Crippen molar-refractivity contribution in [1.82, 2.24) is 9.97 Å². The number of pyridine rings is 1. The van der Waals surface area contributed by atoms with Gasteiger partial charge in [-0.15, -0.1) is 11.8 Å². The Morgan fingerprint density at radius 2 is 1.97 bits per heavy atom. The molecule has 0 unspecified atom stereocenters. The van der Waals surface area contributed by atoms with Gasteiger partial charge < -0.3 is 0 Å². The molecule has 0 atom stereocenters. The van der Waals surface area contributed by atoms with E-state index < -0.39 is 0 Å². The number of anilines is 1. The van der Waals surface area contributed by atoms with Crippen LogP contribution in [0, 0.1) is 0 Å². The van der Waals surface area contributed by atoms with E-state index in [-0.39, 0.29) is 5.91 Å². The number of aryl methyl sites for hydroxylation is 1. The number of carbonyl (C=O) groups is 1. The van der Waals surface area contributed by atoms with Crippen LogP contribution in [-0.4, -0.2) is 21.6 Å². The fourth-order valence-electron chi connectivity index (χ4n) is 3.21. The smallest absolute Gasteiger partial charge is 0.260 e. The first-order valence-corrected chi connectivity index (χ1v) is 11.8. The van der Waals surface area contributed by atoms with Crippen LogP contribution in [0.2, 0.25) is 0 Å². The quantitative estimate of drug-likeness (QED) is 0.325. The average molecular weight is 434 g/mol. The van der Waals surface area contributed by atoms with Crippen LogP contribution < -0.4 is 4.90 Å². The highest BCUT2D eigenvalue weighted by molar-refractivity contribution is 7.99. The Morgan fingerprint density at radius 1 is 1.07 bits per heavy atom. The van der Waals surface area contributed by atoms with Crippen LogP contribution in [0.4, 0.5) is 5.13 Å². The predicted molar refractivity (Wildman–Crippen MR) is 127 cm³/mol. The van der Waals surface area contributed by atoms with E-state index in [0.29, 0.717) is 17.2 Å². The van der Waals surface area contributed by atoms with Crippen LogP contribution in [0.15, 0.2) is 71.8 Å². The summed E-state index contributed by atoms with van der Waals surface area (Å²) in [6.07, 6.45) is 2.73. The summed E-state index contributed by atoms with van der Waals surface area (Å²) >= 11 is 3.28. The van der Waals surface area contributed by atoms with Crippen LogP contribution in [0.5, 0.6) is 0 Å². The summed E-state index contributed by atoms with van der Waals surface area (Å²) in [5.41, 5.74) is 3.68. The van der Waals surface area contributed by atoms with E-state index in [2.05, 4.69) is 31.0 Å². The monoisotopic (exact) mass is 433 g/mol. The van der Waals surface area contributed by atoms with E-state index in [1.165, 1.54) is 5.56 Å². The number of rotatable bonds is 7. The topological polar surface area (TPSA) is 46.1 Å². The third-order valence-electron chi connectivity index (χ3n) is 4.76. The van der Waals surface area contributed by atoms with E-state index in [0.717, 1.165) is 33.0 Å². The fourth-order valence-corrected chi connectivity index (χ4v) is 4.96. The molecule has 2 aromatic heterocycles. The van der Waals surface area contributed by atoms with Gasteiger partial charge in [0.05, 0.1) is 22.5 Å². The van der Waals surface area contributed by atoms with Crippen LogP contribution in [0.3, 0.4) is 0 Å².